The van der Waals surface area contributed by atoms with Crippen molar-refractivity contribution in [1.29, 1.82) is 0 Å². The van der Waals surface area contributed by atoms with Crippen molar-refractivity contribution in [1.82, 2.24) is 15.5 Å². The average molecular weight is 288 g/mol. The molecule has 0 aliphatic rings. The number of benzene rings is 1. The van der Waals surface area contributed by atoms with Crippen LogP contribution in [0.15, 0.2) is 30.5 Å². The summed E-state index contributed by atoms with van der Waals surface area (Å²) in [6.45, 7) is 2.45. The first kappa shape index (κ1) is 15.1. The van der Waals surface area contributed by atoms with Gasteiger partial charge in [0.25, 0.3) is 5.91 Å². The molecule has 0 aliphatic carbocycles. The molecule has 1 atom stereocenters. The van der Waals surface area contributed by atoms with Crippen LogP contribution in [-0.4, -0.2) is 35.8 Å². The number of aromatic amines is 1. The number of aromatic nitrogens is 2. The van der Waals surface area contributed by atoms with Gasteiger partial charge in [0.15, 0.2) is 0 Å². The number of H-pyrrole nitrogens is 1. The maximum atomic E-state index is 12.2. The fourth-order valence-electron chi connectivity index (χ4n) is 1.94. The minimum absolute atomic E-state index is 0.0655. The number of nitrogens with two attached hydrogens (primary N) is 1. The zero-order valence-corrected chi connectivity index (χ0v) is 12.2. The number of ether oxygens (including phenoxy) is 1. The van der Waals surface area contributed by atoms with Crippen molar-refractivity contribution < 1.29 is 9.53 Å². The molecular weight excluding hydrogens is 268 g/mol. The molecule has 1 unspecified atom stereocenters. The van der Waals surface area contributed by atoms with Crippen LogP contribution in [0.2, 0.25) is 0 Å². The highest BCUT2D eigenvalue weighted by Gasteiger charge is 2.15. The molecule has 112 valence electrons. The molecular formula is C15H20N4O2. The Hall–Kier alpha value is -2.34. The molecule has 0 spiro atoms. The van der Waals surface area contributed by atoms with E-state index in [-0.39, 0.29) is 11.9 Å². The highest BCUT2D eigenvalue weighted by atomic mass is 16.5. The molecule has 6 nitrogen and oxygen atoms in total. The Labute approximate surface area is 123 Å². The molecule has 1 aromatic heterocycles. The Morgan fingerprint density at radius 1 is 1.43 bits per heavy atom. The van der Waals surface area contributed by atoms with Crippen LogP contribution in [0.5, 0.6) is 5.75 Å². The number of nitrogens with zero attached hydrogens (tertiary/aromatic N) is 1. The van der Waals surface area contributed by atoms with Crippen LogP contribution in [0.4, 0.5) is 0 Å². The molecule has 1 amide bonds. The average Bonchev–Trinajstić information content (AvgIpc) is 2.96. The summed E-state index contributed by atoms with van der Waals surface area (Å²) in [4.78, 5) is 12.2. The maximum Gasteiger partial charge on any atom is 0.255 e. The second-order valence-corrected chi connectivity index (χ2v) is 4.91. The molecule has 2 rings (SSSR count). The lowest BCUT2D eigenvalue weighted by molar-refractivity contribution is 0.0953. The summed E-state index contributed by atoms with van der Waals surface area (Å²) < 4.78 is 5.12. The third kappa shape index (κ3) is 3.82. The number of carbonyl (C=O) groups is 1. The van der Waals surface area contributed by atoms with Crippen molar-refractivity contribution in [3.05, 3.63) is 36.0 Å². The van der Waals surface area contributed by atoms with Gasteiger partial charge in [0.05, 0.1) is 24.6 Å². The van der Waals surface area contributed by atoms with Crippen LogP contribution < -0.4 is 15.8 Å². The lowest BCUT2D eigenvalue weighted by Gasteiger charge is -2.08. The Morgan fingerprint density at radius 3 is 2.76 bits per heavy atom. The number of hydrogen-bond donors (Lipinski definition) is 3. The fraction of sp³-hybridized carbons (Fsp3) is 0.333. The molecule has 21 heavy (non-hydrogen) atoms. The predicted molar refractivity (Wildman–Crippen MR) is 81.2 cm³/mol. The minimum Gasteiger partial charge on any atom is -0.497 e. The number of amides is 1. The number of rotatable bonds is 6. The predicted octanol–water partition coefficient (Wildman–Crippen LogP) is 1.55. The summed E-state index contributed by atoms with van der Waals surface area (Å²) in [5.41, 5.74) is 7.75. The molecule has 0 saturated carbocycles. The first-order valence-corrected chi connectivity index (χ1v) is 6.83. The quantitative estimate of drug-likeness (QED) is 0.752. The third-order valence-corrected chi connectivity index (χ3v) is 3.15. The van der Waals surface area contributed by atoms with Crippen molar-refractivity contribution in [2.75, 3.05) is 13.7 Å². The van der Waals surface area contributed by atoms with Crippen molar-refractivity contribution in [3.63, 3.8) is 0 Å². The molecule has 1 heterocycles. The molecule has 0 bridgehead atoms. The van der Waals surface area contributed by atoms with Gasteiger partial charge in [0, 0.05) is 18.2 Å². The first-order chi connectivity index (χ1) is 10.1. The van der Waals surface area contributed by atoms with E-state index in [2.05, 4.69) is 15.5 Å². The molecule has 0 fully saturated rings. The summed E-state index contributed by atoms with van der Waals surface area (Å²) in [5.74, 6) is 0.608. The number of methoxy groups -OCH3 is 1. The molecule has 6 heteroatoms. The maximum absolute atomic E-state index is 12.2. The number of hydrogen-bond acceptors (Lipinski definition) is 4. The zero-order valence-electron chi connectivity index (χ0n) is 12.2. The lowest BCUT2D eigenvalue weighted by Crippen LogP contribution is -2.29. The van der Waals surface area contributed by atoms with Gasteiger partial charge in [-0.2, -0.15) is 5.10 Å². The van der Waals surface area contributed by atoms with Crippen molar-refractivity contribution >= 4 is 5.91 Å². The third-order valence-electron chi connectivity index (χ3n) is 3.15. The SMILES string of the molecule is COc1ccc(-c2[nH]ncc2C(=O)NCCC(C)N)cc1. The topological polar surface area (TPSA) is 93.0 Å². The van der Waals surface area contributed by atoms with E-state index < -0.39 is 0 Å². The molecule has 4 N–H and O–H groups in total. The van der Waals surface area contributed by atoms with Gasteiger partial charge in [-0.3, -0.25) is 9.89 Å². The largest absolute Gasteiger partial charge is 0.497 e. The molecule has 1 aromatic carbocycles. The molecule has 0 radical (unpaired) electrons. The summed E-state index contributed by atoms with van der Waals surface area (Å²) >= 11 is 0. The van der Waals surface area contributed by atoms with E-state index in [1.807, 2.05) is 31.2 Å². The number of carbonyl (C=O) groups excluding carboxylic acids is 1. The molecule has 0 aliphatic heterocycles. The summed E-state index contributed by atoms with van der Waals surface area (Å²) in [7, 11) is 1.61. The minimum atomic E-state index is -0.157. The van der Waals surface area contributed by atoms with Gasteiger partial charge in [-0.05, 0) is 37.6 Å². The Bertz CT molecular complexity index is 590. The van der Waals surface area contributed by atoms with Crippen LogP contribution >= 0.6 is 0 Å². The van der Waals surface area contributed by atoms with Crippen molar-refractivity contribution in [3.8, 4) is 17.0 Å². The van der Waals surface area contributed by atoms with Crippen LogP contribution in [0, 0.1) is 0 Å². The van der Waals surface area contributed by atoms with Crippen LogP contribution in [-0.2, 0) is 0 Å². The normalized spacial score (nSPS) is 12.0. The van der Waals surface area contributed by atoms with E-state index in [1.165, 1.54) is 6.20 Å². The van der Waals surface area contributed by atoms with Gasteiger partial charge >= 0.3 is 0 Å². The highest BCUT2D eigenvalue weighted by molar-refractivity contribution is 5.99. The summed E-state index contributed by atoms with van der Waals surface area (Å²) in [5, 5.41) is 9.67. The van der Waals surface area contributed by atoms with Gasteiger partial charge < -0.3 is 15.8 Å². The monoisotopic (exact) mass is 288 g/mol. The van der Waals surface area contributed by atoms with Gasteiger partial charge in [-0.15, -0.1) is 0 Å². The van der Waals surface area contributed by atoms with Crippen molar-refractivity contribution in [2.24, 2.45) is 5.73 Å². The van der Waals surface area contributed by atoms with Gasteiger partial charge in [0.1, 0.15) is 5.75 Å². The summed E-state index contributed by atoms with van der Waals surface area (Å²) in [6.07, 6.45) is 2.27. The highest BCUT2D eigenvalue weighted by Crippen LogP contribution is 2.23. The van der Waals surface area contributed by atoms with E-state index in [1.54, 1.807) is 7.11 Å². The zero-order chi connectivity index (χ0) is 15.2. The van der Waals surface area contributed by atoms with Gasteiger partial charge in [0.2, 0.25) is 0 Å². The van der Waals surface area contributed by atoms with Crippen LogP contribution in [0.3, 0.4) is 0 Å². The van der Waals surface area contributed by atoms with E-state index in [9.17, 15) is 4.79 Å². The van der Waals surface area contributed by atoms with Gasteiger partial charge in [-0.1, -0.05) is 0 Å². The van der Waals surface area contributed by atoms with E-state index in [4.69, 9.17) is 10.5 Å². The second kappa shape index (κ2) is 6.90. The standard InChI is InChI=1S/C15H20N4O2/c1-10(16)7-8-17-15(20)13-9-18-19-14(13)11-3-5-12(21-2)6-4-11/h3-6,9-10H,7-8,16H2,1-2H3,(H,17,20)(H,18,19). The van der Waals surface area contributed by atoms with Crippen LogP contribution in [0.25, 0.3) is 11.3 Å². The first-order valence-electron chi connectivity index (χ1n) is 6.83. The number of nitrogens with one attached hydrogen (secondary N) is 2. The summed E-state index contributed by atoms with van der Waals surface area (Å²) in [6, 6.07) is 7.51. The molecule has 0 saturated heterocycles. The smallest absolute Gasteiger partial charge is 0.255 e. The van der Waals surface area contributed by atoms with Crippen molar-refractivity contribution in [2.45, 2.75) is 19.4 Å². The van der Waals surface area contributed by atoms with E-state index >= 15 is 0 Å². The Morgan fingerprint density at radius 2 is 2.14 bits per heavy atom. The second-order valence-electron chi connectivity index (χ2n) is 4.91. The fourth-order valence-corrected chi connectivity index (χ4v) is 1.94. The van der Waals surface area contributed by atoms with E-state index in [0.717, 1.165) is 17.7 Å². The Kier molecular flexibility index (Phi) is 4.94. The van der Waals surface area contributed by atoms with Gasteiger partial charge in [-0.25, -0.2) is 0 Å². The lowest BCUT2D eigenvalue weighted by atomic mass is 10.1. The van der Waals surface area contributed by atoms with E-state index in [0.29, 0.717) is 17.8 Å². The molecule has 2 aromatic rings. The van der Waals surface area contributed by atoms with Crippen LogP contribution in [0.1, 0.15) is 23.7 Å². The Balaban J connectivity index is 2.11.